The molecule has 0 N–H and O–H groups in total. The Labute approximate surface area is 147 Å². The third kappa shape index (κ3) is 2.97. The third-order valence-corrected chi connectivity index (χ3v) is 5.04. The molecule has 4 nitrogen and oxygen atoms in total. The molecule has 0 saturated heterocycles. The zero-order chi connectivity index (χ0) is 17.2. The molecule has 1 amide bonds. The number of hydrogen-bond donors (Lipinski definition) is 0. The summed E-state index contributed by atoms with van der Waals surface area (Å²) in [4.78, 5) is 14.5. The van der Waals surface area contributed by atoms with Crippen molar-refractivity contribution in [3.8, 4) is 0 Å². The highest BCUT2D eigenvalue weighted by atomic mass is 16.6. The number of furan rings is 1. The van der Waals surface area contributed by atoms with Crippen molar-refractivity contribution in [3.05, 3.63) is 42.5 Å². The molecule has 4 heteroatoms. The predicted octanol–water partition coefficient (Wildman–Crippen LogP) is 5.88. The van der Waals surface area contributed by atoms with Crippen LogP contribution in [0.15, 0.2) is 46.9 Å². The summed E-state index contributed by atoms with van der Waals surface area (Å²) in [5, 5.41) is 2.18. The first-order chi connectivity index (χ1) is 12.3. The molecule has 0 radical (unpaired) electrons. The summed E-state index contributed by atoms with van der Waals surface area (Å²) >= 11 is 0. The number of carbonyl (C=O) groups is 1. The van der Waals surface area contributed by atoms with E-state index < -0.39 is 0 Å². The molecular formula is C21H23NO3. The van der Waals surface area contributed by atoms with Crippen LogP contribution >= 0.6 is 0 Å². The summed E-state index contributed by atoms with van der Waals surface area (Å²) in [6.45, 7) is 2.23. The minimum Gasteiger partial charge on any atom is -0.456 e. The van der Waals surface area contributed by atoms with Crippen molar-refractivity contribution in [1.82, 2.24) is 0 Å². The average molecular weight is 337 g/mol. The highest BCUT2D eigenvalue weighted by Gasteiger charge is 2.28. The highest BCUT2D eigenvalue weighted by molar-refractivity contribution is 6.06. The van der Waals surface area contributed by atoms with Crippen LogP contribution in [0.5, 0.6) is 0 Å². The molecule has 1 aromatic heterocycles. The van der Waals surface area contributed by atoms with E-state index in [1.165, 1.54) is 6.42 Å². The summed E-state index contributed by atoms with van der Waals surface area (Å²) in [5.41, 5.74) is 2.54. The van der Waals surface area contributed by atoms with Gasteiger partial charge in [0, 0.05) is 22.9 Å². The molecule has 4 rings (SSSR count). The molecule has 1 saturated carbocycles. The van der Waals surface area contributed by atoms with Gasteiger partial charge in [-0.25, -0.2) is 4.79 Å². The van der Waals surface area contributed by atoms with Crippen LogP contribution in [-0.4, -0.2) is 18.7 Å². The van der Waals surface area contributed by atoms with E-state index in [1.807, 2.05) is 48.2 Å². The SMILES string of the molecule is CCOC(=O)N(c1ccc2c(c1)oc1ccccc12)C1CCCCC1. The van der Waals surface area contributed by atoms with Crippen LogP contribution in [0.25, 0.3) is 21.9 Å². The Balaban J connectivity index is 1.77. The molecule has 3 aromatic rings. The minimum absolute atomic E-state index is 0.203. The number of benzene rings is 2. The number of carbonyl (C=O) groups excluding carboxylic acids is 1. The Morgan fingerprint density at radius 3 is 2.64 bits per heavy atom. The highest BCUT2D eigenvalue weighted by Crippen LogP contribution is 2.34. The van der Waals surface area contributed by atoms with Crippen molar-refractivity contribution >= 4 is 33.7 Å². The fraction of sp³-hybridized carbons (Fsp3) is 0.381. The molecule has 1 heterocycles. The van der Waals surface area contributed by atoms with E-state index in [9.17, 15) is 4.79 Å². The fourth-order valence-corrected chi connectivity index (χ4v) is 3.86. The van der Waals surface area contributed by atoms with Gasteiger partial charge < -0.3 is 9.15 Å². The molecule has 1 aliphatic rings. The molecular weight excluding hydrogens is 314 g/mol. The molecule has 0 bridgehead atoms. The zero-order valence-corrected chi connectivity index (χ0v) is 14.5. The maximum atomic E-state index is 12.6. The average Bonchev–Trinajstić information content (AvgIpc) is 3.01. The van der Waals surface area contributed by atoms with Crippen molar-refractivity contribution in [2.24, 2.45) is 0 Å². The molecule has 0 spiro atoms. The van der Waals surface area contributed by atoms with E-state index in [0.29, 0.717) is 6.61 Å². The van der Waals surface area contributed by atoms with E-state index in [-0.39, 0.29) is 12.1 Å². The minimum atomic E-state index is -0.259. The molecule has 0 aliphatic heterocycles. The van der Waals surface area contributed by atoms with Gasteiger partial charge in [0.25, 0.3) is 0 Å². The van der Waals surface area contributed by atoms with Gasteiger partial charge in [-0.15, -0.1) is 0 Å². The number of anilines is 1. The summed E-state index contributed by atoms with van der Waals surface area (Å²) in [5.74, 6) is 0. The van der Waals surface area contributed by atoms with Crippen LogP contribution in [0.3, 0.4) is 0 Å². The van der Waals surface area contributed by atoms with E-state index >= 15 is 0 Å². The Bertz CT molecular complexity index is 892. The van der Waals surface area contributed by atoms with Gasteiger partial charge in [0.05, 0.1) is 12.3 Å². The maximum Gasteiger partial charge on any atom is 0.414 e. The number of amides is 1. The maximum absolute atomic E-state index is 12.6. The van der Waals surface area contributed by atoms with Crippen LogP contribution < -0.4 is 4.90 Å². The number of nitrogens with zero attached hydrogens (tertiary/aromatic N) is 1. The van der Waals surface area contributed by atoms with Crippen LogP contribution in [0.4, 0.5) is 10.5 Å². The Morgan fingerprint density at radius 2 is 1.84 bits per heavy atom. The monoisotopic (exact) mass is 337 g/mol. The van der Waals surface area contributed by atoms with Crippen molar-refractivity contribution < 1.29 is 13.9 Å². The van der Waals surface area contributed by atoms with Crippen molar-refractivity contribution in [2.45, 2.75) is 45.1 Å². The molecule has 2 aromatic carbocycles. The second-order valence-corrected chi connectivity index (χ2v) is 6.64. The number of hydrogen-bond acceptors (Lipinski definition) is 3. The van der Waals surface area contributed by atoms with Crippen molar-refractivity contribution in [3.63, 3.8) is 0 Å². The first-order valence-corrected chi connectivity index (χ1v) is 9.15. The number of ether oxygens (including phenoxy) is 1. The Kier molecular flexibility index (Phi) is 4.35. The molecule has 1 aliphatic carbocycles. The van der Waals surface area contributed by atoms with Crippen LogP contribution in [0.1, 0.15) is 39.0 Å². The van der Waals surface area contributed by atoms with Gasteiger partial charge in [-0.05, 0) is 38.0 Å². The summed E-state index contributed by atoms with van der Waals surface area (Å²) in [6, 6.07) is 14.2. The quantitative estimate of drug-likeness (QED) is 0.599. The molecule has 0 atom stereocenters. The van der Waals surface area contributed by atoms with Gasteiger partial charge in [-0.1, -0.05) is 37.5 Å². The largest absolute Gasteiger partial charge is 0.456 e. The summed E-state index contributed by atoms with van der Waals surface area (Å²) in [7, 11) is 0. The Hall–Kier alpha value is -2.49. The van der Waals surface area contributed by atoms with Crippen LogP contribution in [0, 0.1) is 0 Å². The van der Waals surface area contributed by atoms with Gasteiger partial charge in [-0.2, -0.15) is 0 Å². The zero-order valence-electron chi connectivity index (χ0n) is 14.5. The van der Waals surface area contributed by atoms with E-state index in [4.69, 9.17) is 9.15 Å². The van der Waals surface area contributed by atoms with E-state index in [0.717, 1.165) is 53.3 Å². The Morgan fingerprint density at radius 1 is 1.08 bits per heavy atom. The van der Waals surface area contributed by atoms with Crippen LogP contribution in [-0.2, 0) is 4.74 Å². The smallest absolute Gasteiger partial charge is 0.414 e. The lowest BCUT2D eigenvalue weighted by Gasteiger charge is -2.33. The number of para-hydroxylation sites is 1. The summed E-state index contributed by atoms with van der Waals surface area (Å²) < 4.78 is 11.3. The fourth-order valence-electron chi connectivity index (χ4n) is 3.86. The van der Waals surface area contributed by atoms with Crippen LogP contribution in [0.2, 0.25) is 0 Å². The second kappa shape index (κ2) is 6.79. The van der Waals surface area contributed by atoms with Gasteiger partial charge in [0.1, 0.15) is 11.2 Å². The molecule has 0 unspecified atom stereocenters. The van der Waals surface area contributed by atoms with Gasteiger partial charge in [-0.3, -0.25) is 4.90 Å². The van der Waals surface area contributed by atoms with E-state index in [1.54, 1.807) is 0 Å². The molecule has 25 heavy (non-hydrogen) atoms. The third-order valence-electron chi connectivity index (χ3n) is 5.04. The van der Waals surface area contributed by atoms with Gasteiger partial charge in [0.2, 0.25) is 0 Å². The lowest BCUT2D eigenvalue weighted by molar-refractivity contribution is 0.155. The van der Waals surface area contributed by atoms with Gasteiger partial charge in [0.15, 0.2) is 0 Å². The van der Waals surface area contributed by atoms with Gasteiger partial charge >= 0.3 is 6.09 Å². The lowest BCUT2D eigenvalue weighted by Crippen LogP contribution is -2.42. The van der Waals surface area contributed by atoms with Crippen molar-refractivity contribution in [2.75, 3.05) is 11.5 Å². The lowest BCUT2D eigenvalue weighted by atomic mass is 9.94. The van der Waals surface area contributed by atoms with E-state index in [2.05, 4.69) is 6.07 Å². The summed E-state index contributed by atoms with van der Waals surface area (Å²) in [6.07, 6.45) is 5.36. The first kappa shape index (κ1) is 16.0. The molecule has 130 valence electrons. The van der Waals surface area contributed by atoms with Crippen molar-refractivity contribution in [1.29, 1.82) is 0 Å². The molecule has 1 fully saturated rings. The normalized spacial score (nSPS) is 15.6. The standard InChI is InChI=1S/C21H23NO3/c1-2-24-21(23)22(15-8-4-3-5-9-15)16-12-13-18-17-10-6-7-11-19(17)25-20(18)14-16/h6-7,10-15H,2-5,8-9H2,1H3. The number of fused-ring (bicyclic) bond motifs is 3. The topological polar surface area (TPSA) is 42.7 Å². The number of rotatable bonds is 3. The first-order valence-electron chi connectivity index (χ1n) is 9.15. The predicted molar refractivity (Wildman–Crippen MR) is 100 cm³/mol. The second-order valence-electron chi connectivity index (χ2n) is 6.64.